The number of nitrogens with zero attached hydrogens (tertiary/aromatic N) is 1. The van der Waals surface area contributed by atoms with Gasteiger partial charge in [0.05, 0.1) is 6.61 Å². The van der Waals surface area contributed by atoms with Crippen LogP contribution in [0.1, 0.15) is 17.5 Å². The summed E-state index contributed by atoms with van der Waals surface area (Å²) < 4.78 is 5.17. The molecule has 1 aromatic carbocycles. The molecule has 104 valence electrons. The standard InChI is InChI=1S/C16H24N2O/c1-19-13-16-7-10-18(11-8-16)12-15-4-2-14(3-5-15)6-9-17/h2-5,7H,6,8-13,17H2,1H3. The Bertz CT molecular complexity index is 411. The second-order valence-corrected chi connectivity index (χ2v) is 5.14. The fourth-order valence-corrected chi connectivity index (χ4v) is 2.45. The highest BCUT2D eigenvalue weighted by atomic mass is 16.5. The van der Waals surface area contributed by atoms with Crippen LogP contribution in [0, 0.1) is 0 Å². The highest BCUT2D eigenvalue weighted by Gasteiger charge is 2.11. The first-order chi connectivity index (χ1) is 9.31. The predicted molar refractivity (Wildman–Crippen MR) is 79.1 cm³/mol. The first kappa shape index (κ1) is 14.3. The predicted octanol–water partition coefficient (Wildman–Crippen LogP) is 1.97. The minimum atomic E-state index is 0.721. The number of rotatable bonds is 6. The van der Waals surface area contributed by atoms with Gasteiger partial charge in [-0.2, -0.15) is 0 Å². The van der Waals surface area contributed by atoms with Gasteiger partial charge in [-0.05, 0) is 36.1 Å². The molecule has 0 spiro atoms. The SMILES string of the molecule is COCC1=CCN(Cc2ccc(CCN)cc2)CC1. The topological polar surface area (TPSA) is 38.5 Å². The summed E-state index contributed by atoms with van der Waals surface area (Å²) in [5.41, 5.74) is 9.69. The zero-order valence-electron chi connectivity index (χ0n) is 11.8. The van der Waals surface area contributed by atoms with Crippen molar-refractivity contribution in [1.82, 2.24) is 4.90 Å². The monoisotopic (exact) mass is 260 g/mol. The number of nitrogens with two attached hydrogens (primary N) is 1. The molecule has 19 heavy (non-hydrogen) atoms. The van der Waals surface area contributed by atoms with Gasteiger partial charge in [0, 0.05) is 26.7 Å². The van der Waals surface area contributed by atoms with E-state index in [1.54, 1.807) is 7.11 Å². The van der Waals surface area contributed by atoms with Crippen LogP contribution in [-0.2, 0) is 17.7 Å². The van der Waals surface area contributed by atoms with Crippen molar-refractivity contribution in [1.29, 1.82) is 0 Å². The van der Waals surface area contributed by atoms with Crippen molar-refractivity contribution < 1.29 is 4.74 Å². The molecule has 0 saturated carbocycles. The molecule has 3 nitrogen and oxygen atoms in total. The molecule has 2 rings (SSSR count). The van der Waals surface area contributed by atoms with E-state index in [4.69, 9.17) is 10.5 Å². The Hall–Kier alpha value is -1.16. The van der Waals surface area contributed by atoms with E-state index in [1.807, 2.05) is 0 Å². The van der Waals surface area contributed by atoms with Crippen molar-refractivity contribution >= 4 is 0 Å². The normalized spacial score (nSPS) is 16.4. The van der Waals surface area contributed by atoms with E-state index in [0.717, 1.165) is 45.6 Å². The smallest absolute Gasteiger partial charge is 0.0673 e. The molecular formula is C16H24N2O. The summed E-state index contributed by atoms with van der Waals surface area (Å²) >= 11 is 0. The molecule has 0 bridgehead atoms. The van der Waals surface area contributed by atoms with Crippen LogP contribution in [0.3, 0.4) is 0 Å². The van der Waals surface area contributed by atoms with Gasteiger partial charge in [-0.3, -0.25) is 4.90 Å². The van der Waals surface area contributed by atoms with Gasteiger partial charge in [0.1, 0.15) is 0 Å². The van der Waals surface area contributed by atoms with Gasteiger partial charge in [-0.1, -0.05) is 30.3 Å². The van der Waals surface area contributed by atoms with Crippen LogP contribution in [0.15, 0.2) is 35.9 Å². The Morgan fingerprint density at radius 3 is 2.53 bits per heavy atom. The van der Waals surface area contributed by atoms with E-state index in [-0.39, 0.29) is 0 Å². The Kier molecular flexibility index (Phi) is 5.58. The molecular weight excluding hydrogens is 236 g/mol. The zero-order chi connectivity index (χ0) is 13.5. The van der Waals surface area contributed by atoms with Crippen LogP contribution in [0.5, 0.6) is 0 Å². The van der Waals surface area contributed by atoms with Crippen LogP contribution in [0.4, 0.5) is 0 Å². The van der Waals surface area contributed by atoms with E-state index < -0.39 is 0 Å². The molecule has 1 aliphatic heterocycles. The van der Waals surface area contributed by atoms with Crippen LogP contribution in [-0.4, -0.2) is 38.3 Å². The number of hydrogen-bond acceptors (Lipinski definition) is 3. The number of benzene rings is 1. The summed E-state index contributed by atoms with van der Waals surface area (Å²) in [6.45, 7) is 4.68. The molecule has 0 unspecified atom stereocenters. The minimum Gasteiger partial charge on any atom is -0.380 e. The first-order valence-corrected chi connectivity index (χ1v) is 6.99. The van der Waals surface area contributed by atoms with E-state index in [1.165, 1.54) is 16.7 Å². The van der Waals surface area contributed by atoms with E-state index in [0.29, 0.717) is 0 Å². The molecule has 0 atom stereocenters. The van der Waals surface area contributed by atoms with Crippen molar-refractivity contribution in [2.45, 2.75) is 19.4 Å². The first-order valence-electron chi connectivity index (χ1n) is 6.99. The molecule has 0 radical (unpaired) electrons. The third-order valence-electron chi connectivity index (χ3n) is 3.58. The molecule has 0 saturated heterocycles. The Morgan fingerprint density at radius 2 is 1.95 bits per heavy atom. The van der Waals surface area contributed by atoms with Crippen molar-refractivity contribution in [2.24, 2.45) is 5.73 Å². The molecule has 1 aromatic rings. The van der Waals surface area contributed by atoms with E-state index >= 15 is 0 Å². The van der Waals surface area contributed by atoms with E-state index in [9.17, 15) is 0 Å². The molecule has 0 aliphatic carbocycles. The number of ether oxygens (including phenoxy) is 1. The Morgan fingerprint density at radius 1 is 1.21 bits per heavy atom. The molecule has 1 aliphatic rings. The molecule has 0 fully saturated rings. The Labute approximate surface area is 116 Å². The average Bonchev–Trinajstić information content (AvgIpc) is 2.44. The summed E-state index contributed by atoms with van der Waals surface area (Å²) in [4.78, 5) is 2.47. The Balaban J connectivity index is 1.85. The quantitative estimate of drug-likeness (QED) is 0.795. The fraction of sp³-hybridized carbons (Fsp3) is 0.500. The lowest BCUT2D eigenvalue weighted by molar-refractivity contribution is 0.210. The second-order valence-electron chi connectivity index (χ2n) is 5.14. The van der Waals surface area contributed by atoms with E-state index in [2.05, 4.69) is 35.2 Å². The molecule has 1 heterocycles. The van der Waals surface area contributed by atoms with Gasteiger partial charge >= 0.3 is 0 Å². The summed E-state index contributed by atoms with van der Waals surface area (Å²) in [7, 11) is 1.76. The summed E-state index contributed by atoms with van der Waals surface area (Å²) in [5, 5.41) is 0. The second kappa shape index (κ2) is 7.43. The third-order valence-corrected chi connectivity index (χ3v) is 3.58. The van der Waals surface area contributed by atoms with Crippen LogP contribution in [0.2, 0.25) is 0 Å². The van der Waals surface area contributed by atoms with Crippen LogP contribution < -0.4 is 5.73 Å². The fourth-order valence-electron chi connectivity index (χ4n) is 2.45. The van der Waals surface area contributed by atoms with Gasteiger partial charge in [-0.15, -0.1) is 0 Å². The number of methoxy groups -OCH3 is 1. The molecule has 3 heteroatoms. The average molecular weight is 260 g/mol. The van der Waals surface area contributed by atoms with Gasteiger partial charge in [0.2, 0.25) is 0 Å². The number of hydrogen-bond donors (Lipinski definition) is 1. The summed E-state index contributed by atoms with van der Waals surface area (Å²) in [6.07, 6.45) is 4.39. The van der Waals surface area contributed by atoms with Crippen LogP contribution in [0.25, 0.3) is 0 Å². The maximum Gasteiger partial charge on any atom is 0.0673 e. The largest absolute Gasteiger partial charge is 0.380 e. The van der Waals surface area contributed by atoms with Crippen molar-refractivity contribution in [2.75, 3.05) is 33.4 Å². The van der Waals surface area contributed by atoms with Gasteiger partial charge < -0.3 is 10.5 Å². The maximum absolute atomic E-state index is 5.56. The maximum atomic E-state index is 5.56. The lowest BCUT2D eigenvalue weighted by Crippen LogP contribution is -2.29. The minimum absolute atomic E-state index is 0.721. The van der Waals surface area contributed by atoms with Crippen molar-refractivity contribution in [3.8, 4) is 0 Å². The van der Waals surface area contributed by atoms with Crippen molar-refractivity contribution in [3.63, 3.8) is 0 Å². The van der Waals surface area contributed by atoms with Gasteiger partial charge in [0.15, 0.2) is 0 Å². The lowest BCUT2D eigenvalue weighted by atomic mass is 10.1. The van der Waals surface area contributed by atoms with Crippen molar-refractivity contribution in [3.05, 3.63) is 47.0 Å². The van der Waals surface area contributed by atoms with Gasteiger partial charge in [-0.25, -0.2) is 0 Å². The molecule has 2 N–H and O–H groups in total. The highest BCUT2D eigenvalue weighted by molar-refractivity contribution is 5.23. The van der Waals surface area contributed by atoms with Gasteiger partial charge in [0.25, 0.3) is 0 Å². The summed E-state index contributed by atoms with van der Waals surface area (Å²) in [5.74, 6) is 0. The molecule has 0 aromatic heterocycles. The zero-order valence-corrected chi connectivity index (χ0v) is 11.8. The highest BCUT2D eigenvalue weighted by Crippen LogP contribution is 2.14. The molecule has 0 amide bonds. The summed E-state index contributed by atoms with van der Waals surface area (Å²) in [6, 6.07) is 8.83. The third kappa shape index (κ3) is 4.46. The van der Waals surface area contributed by atoms with Crippen LogP contribution >= 0.6 is 0 Å². The lowest BCUT2D eigenvalue weighted by Gasteiger charge is -2.26.